The zero-order valence-electron chi connectivity index (χ0n) is 17.5. The van der Waals surface area contributed by atoms with Crippen LogP contribution in [0.1, 0.15) is 23.9 Å². The number of hydrogen-bond acceptors (Lipinski definition) is 5. The Morgan fingerprint density at radius 1 is 1.07 bits per heavy atom. The molecule has 0 unspecified atom stereocenters. The molecule has 0 radical (unpaired) electrons. The van der Waals surface area contributed by atoms with Gasteiger partial charge in [0.1, 0.15) is 5.75 Å². The van der Waals surface area contributed by atoms with Crippen molar-refractivity contribution in [3.63, 3.8) is 0 Å². The third-order valence-electron chi connectivity index (χ3n) is 4.80. The van der Waals surface area contributed by atoms with E-state index in [1.165, 1.54) is 0 Å². The number of methoxy groups -OCH3 is 1. The molecule has 1 N–H and O–H groups in total. The molecule has 1 aromatic heterocycles. The zero-order chi connectivity index (χ0) is 21.7. The van der Waals surface area contributed by atoms with E-state index in [-0.39, 0.29) is 6.42 Å². The van der Waals surface area contributed by atoms with Crippen molar-refractivity contribution in [1.82, 2.24) is 9.78 Å². The van der Waals surface area contributed by atoms with E-state index < -0.39 is 18.0 Å². The van der Waals surface area contributed by atoms with Crippen molar-refractivity contribution in [1.29, 1.82) is 0 Å². The van der Waals surface area contributed by atoms with Crippen LogP contribution in [0.3, 0.4) is 0 Å². The Balaban J connectivity index is 1.62. The zero-order valence-corrected chi connectivity index (χ0v) is 17.5. The number of carbonyl (C=O) groups excluding carboxylic acids is 2. The molecule has 0 saturated heterocycles. The van der Waals surface area contributed by atoms with Crippen LogP contribution in [0.4, 0.5) is 5.69 Å². The van der Waals surface area contributed by atoms with Crippen LogP contribution in [0.15, 0.2) is 54.6 Å². The van der Waals surface area contributed by atoms with E-state index in [1.54, 1.807) is 43.0 Å². The van der Waals surface area contributed by atoms with Gasteiger partial charge in [-0.15, -0.1) is 0 Å². The summed E-state index contributed by atoms with van der Waals surface area (Å²) in [6.07, 6.45) is -0.880. The van der Waals surface area contributed by atoms with Crippen molar-refractivity contribution in [2.45, 2.75) is 33.3 Å². The maximum Gasteiger partial charge on any atom is 0.311 e. The molecule has 0 fully saturated rings. The number of ether oxygens (including phenoxy) is 2. The van der Waals surface area contributed by atoms with Crippen molar-refractivity contribution < 1.29 is 19.1 Å². The largest absolute Gasteiger partial charge is 0.497 e. The number of aromatic nitrogens is 2. The Labute approximate surface area is 175 Å². The summed E-state index contributed by atoms with van der Waals surface area (Å²) >= 11 is 0. The van der Waals surface area contributed by atoms with Crippen LogP contribution in [-0.2, 0) is 20.7 Å². The normalized spacial score (nSPS) is 11.6. The third-order valence-corrected chi connectivity index (χ3v) is 4.80. The molecule has 0 aliphatic heterocycles. The number of anilines is 1. The van der Waals surface area contributed by atoms with E-state index >= 15 is 0 Å². The third kappa shape index (κ3) is 4.86. The van der Waals surface area contributed by atoms with E-state index in [4.69, 9.17) is 9.47 Å². The number of aryl methyl sites for hydroxylation is 1. The van der Waals surface area contributed by atoms with Gasteiger partial charge in [0.05, 0.1) is 24.9 Å². The maximum absolute atomic E-state index is 12.5. The lowest BCUT2D eigenvalue weighted by molar-refractivity contribution is -0.152. The average molecular weight is 407 g/mol. The Kier molecular flexibility index (Phi) is 6.51. The van der Waals surface area contributed by atoms with Crippen LogP contribution < -0.4 is 10.1 Å². The number of esters is 1. The highest BCUT2D eigenvalue weighted by Crippen LogP contribution is 2.19. The second kappa shape index (κ2) is 9.26. The molecule has 2 aromatic carbocycles. The first-order chi connectivity index (χ1) is 14.4. The molecule has 0 saturated carbocycles. The van der Waals surface area contributed by atoms with Crippen molar-refractivity contribution in [2.24, 2.45) is 0 Å². The Hall–Kier alpha value is -3.61. The lowest BCUT2D eigenvalue weighted by atomic mass is 10.1. The summed E-state index contributed by atoms with van der Waals surface area (Å²) < 4.78 is 12.2. The maximum atomic E-state index is 12.5. The summed E-state index contributed by atoms with van der Waals surface area (Å²) in [5.41, 5.74) is 3.94. The van der Waals surface area contributed by atoms with Crippen LogP contribution in [0, 0.1) is 13.8 Å². The molecule has 0 aliphatic carbocycles. The molecule has 30 heavy (non-hydrogen) atoms. The average Bonchev–Trinajstić information content (AvgIpc) is 3.03. The minimum absolute atomic E-state index is 0.0463. The first-order valence-corrected chi connectivity index (χ1v) is 9.64. The predicted octanol–water partition coefficient (Wildman–Crippen LogP) is 3.61. The smallest absolute Gasteiger partial charge is 0.311 e. The second-order valence-electron chi connectivity index (χ2n) is 6.92. The molecule has 1 atom stereocenters. The van der Waals surface area contributed by atoms with Crippen LogP contribution in [-0.4, -0.2) is 34.9 Å². The van der Waals surface area contributed by atoms with E-state index in [2.05, 4.69) is 10.4 Å². The lowest BCUT2D eigenvalue weighted by Crippen LogP contribution is -2.30. The molecule has 0 aliphatic rings. The van der Waals surface area contributed by atoms with Gasteiger partial charge in [-0.05, 0) is 57.2 Å². The summed E-state index contributed by atoms with van der Waals surface area (Å²) in [7, 11) is 1.57. The minimum atomic E-state index is -0.926. The van der Waals surface area contributed by atoms with Gasteiger partial charge in [-0.25, -0.2) is 4.68 Å². The van der Waals surface area contributed by atoms with E-state index in [9.17, 15) is 9.59 Å². The van der Waals surface area contributed by atoms with Gasteiger partial charge in [-0.2, -0.15) is 5.10 Å². The minimum Gasteiger partial charge on any atom is -0.497 e. The van der Waals surface area contributed by atoms with Crippen LogP contribution >= 0.6 is 0 Å². The molecule has 1 heterocycles. The lowest BCUT2D eigenvalue weighted by Gasteiger charge is -2.14. The Morgan fingerprint density at radius 2 is 1.73 bits per heavy atom. The molecule has 1 amide bonds. The Morgan fingerprint density at radius 3 is 2.37 bits per heavy atom. The first kappa shape index (κ1) is 21.1. The highest BCUT2D eigenvalue weighted by Gasteiger charge is 2.21. The molecule has 3 rings (SSSR count). The van der Waals surface area contributed by atoms with Crippen molar-refractivity contribution >= 4 is 17.6 Å². The summed E-state index contributed by atoms with van der Waals surface area (Å²) in [5.74, 6) is -0.192. The van der Waals surface area contributed by atoms with Crippen molar-refractivity contribution in [2.75, 3.05) is 12.4 Å². The van der Waals surface area contributed by atoms with Crippen LogP contribution in [0.25, 0.3) is 5.69 Å². The monoisotopic (exact) mass is 407 g/mol. The van der Waals surface area contributed by atoms with Gasteiger partial charge in [0.2, 0.25) is 0 Å². The summed E-state index contributed by atoms with van der Waals surface area (Å²) in [4.78, 5) is 24.8. The molecule has 156 valence electrons. The topological polar surface area (TPSA) is 82.4 Å². The summed E-state index contributed by atoms with van der Waals surface area (Å²) in [6.45, 7) is 5.31. The number of hydrogen-bond donors (Lipinski definition) is 1. The van der Waals surface area contributed by atoms with Gasteiger partial charge in [-0.1, -0.05) is 18.2 Å². The standard InChI is InChI=1S/C23H25N3O4/c1-15-21(16(2)26(25-15)19-8-6-5-7-9-19)14-22(27)30-17(3)23(28)24-18-10-12-20(29-4)13-11-18/h5-13,17H,14H2,1-4H3,(H,24,28)/t17-/m1/s1. The SMILES string of the molecule is COc1ccc(NC(=O)[C@@H](C)OC(=O)Cc2c(C)nn(-c3ccccc3)c2C)cc1. The molecule has 0 bridgehead atoms. The van der Waals surface area contributed by atoms with Crippen molar-refractivity contribution in [3.05, 3.63) is 71.5 Å². The van der Waals surface area contributed by atoms with Gasteiger partial charge in [-0.3, -0.25) is 9.59 Å². The molecular weight excluding hydrogens is 382 g/mol. The predicted molar refractivity (Wildman–Crippen MR) is 114 cm³/mol. The molecular formula is C23H25N3O4. The number of rotatable bonds is 7. The van der Waals surface area contributed by atoms with Gasteiger partial charge in [0.15, 0.2) is 6.10 Å². The fraction of sp³-hybridized carbons (Fsp3) is 0.261. The number of amides is 1. The van der Waals surface area contributed by atoms with Crippen LogP contribution in [0.5, 0.6) is 5.75 Å². The van der Waals surface area contributed by atoms with Gasteiger partial charge >= 0.3 is 5.97 Å². The van der Waals surface area contributed by atoms with Crippen molar-refractivity contribution in [3.8, 4) is 11.4 Å². The molecule has 7 nitrogen and oxygen atoms in total. The second-order valence-corrected chi connectivity index (χ2v) is 6.92. The highest BCUT2D eigenvalue weighted by molar-refractivity contribution is 5.95. The van der Waals surface area contributed by atoms with Gasteiger partial charge < -0.3 is 14.8 Å². The van der Waals surface area contributed by atoms with E-state index in [1.807, 2.05) is 44.2 Å². The molecule has 7 heteroatoms. The van der Waals surface area contributed by atoms with Crippen LogP contribution in [0.2, 0.25) is 0 Å². The summed E-state index contributed by atoms with van der Waals surface area (Å²) in [6, 6.07) is 16.6. The fourth-order valence-corrected chi connectivity index (χ4v) is 3.11. The number of carbonyl (C=O) groups is 2. The van der Waals surface area contributed by atoms with Gasteiger partial charge in [0.25, 0.3) is 5.91 Å². The summed E-state index contributed by atoms with van der Waals surface area (Å²) in [5, 5.41) is 7.26. The number of nitrogens with zero attached hydrogens (tertiary/aromatic N) is 2. The number of nitrogens with one attached hydrogen (secondary N) is 1. The first-order valence-electron chi connectivity index (χ1n) is 9.64. The Bertz CT molecular complexity index is 1030. The molecule has 0 spiro atoms. The fourth-order valence-electron chi connectivity index (χ4n) is 3.11. The quantitative estimate of drug-likeness (QED) is 0.605. The van der Waals surface area contributed by atoms with E-state index in [0.717, 1.165) is 22.6 Å². The number of para-hydroxylation sites is 1. The number of benzene rings is 2. The van der Waals surface area contributed by atoms with E-state index in [0.29, 0.717) is 11.4 Å². The highest BCUT2D eigenvalue weighted by atomic mass is 16.5. The van der Waals surface area contributed by atoms with Gasteiger partial charge in [0, 0.05) is 16.9 Å². The molecule has 3 aromatic rings.